The van der Waals surface area contributed by atoms with E-state index in [4.69, 9.17) is 4.74 Å². The summed E-state index contributed by atoms with van der Waals surface area (Å²) in [7, 11) is 1.66. The molecule has 0 amide bonds. The SMILES string of the molecule is COc1c(C(O)CSC(C)(C)C)ccc(C)c1C. The van der Waals surface area contributed by atoms with Crippen LogP contribution in [0.5, 0.6) is 5.75 Å². The van der Waals surface area contributed by atoms with E-state index in [-0.39, 0.29) is 4.75 Å². The Morgan fingerprint density at radius 2 is 1.89 bits per heavy atom. The normalized spacial score (nSPS) is 13.5. The highest BCUT2D eigenvalue weighted by molar-refractivity contribution is 8.00. The van der Waals surface area contributed by atoms with Crippen molar-refractivity contribution in [2.45, 2.75) is 45.5 Å². The van der Waals surface area contributed by atoms with E-state index in [1.54, 1.807) is 18.9 Å². The van der Waals surface area contributed by atoms with Gasteiger partial charge in [0.2, 0.25) is 0 Å². The van der Waals surface area contributed by atoms with E-state index in [2.05, 4.69) is 27.7 Å². The van der Waals surface area contributed by atoms with Gasteiger partial charge in [-0.1, -0.05) is 32.9 Å². The summed E-state index contributed by atoms with van der Waals surface area (Å²) >= 11 is 1.76. The van der Waals surface area contributed by atoms with Gasteiger partial charge in [0, 0.05) is 16.1 Å². The molecule has 1 atom stereocenters. The number of ether oxygens (including phenoxy) is 1. The van der Waals surface area contributed by atoms with Crippen molar-refractivity contribution in [3.8, 4) is 5.75 Å². The van der Waals surface area contributed by atoms with Gasteiger partial charge < -0.3 is 9.84 Å². The Kier molecular flexibility index (Phi) is 5.11. The number of methoxy groups -OCH3 is 1. The predicted molar refractivity (Wildman–Crippen MR) is 79.6 cm³/mol. The zero-order valence-electron chi connectivity index (χ0n) is 12.2. The minimum absolute atomic E-state index is 0.161. The zero-order valence-corrected chi connectivity index (χ0v) is 13.0. The number of thioether (sulfide) groups is 1. The molecule has 0 fully saturated rings. The lowest BCUT2D eigenvalue weighted by molar-refractivity contribution is 0.198. The number of benzene rings is 1. The molecule has 1 unspecified atom stereocenters. The number of aliphatic hydroxyl groups is 1. The van der Waals surface area contributed by atoms with Crippen LogP contribution in [-0.4, -0.2) is 22.7 Å². The minimum atomic E-state index is -0.483. The zero-order chi connectivity index (χ0) is 13.9. The molecule has 1 aromatic rings. The van der Waals surface area contributed by atoms with Crippen molar-refractivity contribution in [3.63, 3.8) is 0 Å². The van der Waals surface area contributed by atoms with Crippen LogP contribution in [0.2, 0.25) is 0 Å². The number of hydrogen-bond donors (Lipinski definition) is 1. The van der Waals surface area contributed by atoms with Crippen LogP contribution in [0.25, 0.3) is 0 Å². The summed E-state index contributed by atoms with van der Waals surface area (Å²) in [5.74, 6) is 1.50. The Morgan fingerprint density at radius 3 is 2.39 bits per heavy atom. The quantitative estimate of drug-likeness (QED) is 0.898. The van der Waals surface area contributed by atoms with Crippen molar-refractivity contribution in [2.75, 3.05) is 12.9 Å². The summed E-state index contributed by atoms with van der Waals surface area (Å²) in [5, 5.41) is 10.3. The maximum atomic E-state index is 10.3. The second-order valence-electron chi connectivity index (χ2n) is 5.57. The van der Waals surface area contributed by atoms with Gasteiger partial charge in [-0.05, 0) is 25.0 Å². The Labute approximate surface area is 115 Å². The van der Waals surface area contributed by atoms with Crippen LogP contribution < -0.4 is 4.74 Å². The van der Waals surface area contributed by atoms with Gasteiger partial charge in [-0.3, -0.25) is 0 Å². The van der Waals surface area contributed by atoms with Crippen LogP contribution >= 0.6 is 11.8 Å². The first-order valence-electron chi connectivity index (χ1n) is 6.22. The molecule has 2 nitrogen and oxygen atoms in total. The number of aryl methyl sites for hydroxylation is 1. The summed E-state index contributed by atoms with van der Waals surface area (Å²) in [5.41, 5.74) is 3.18. The summed E-state index contributed by atoms with van der Waals surface area (Å²) in [6, 6.07) is 4.01. The van der Waals surface area contributed by atoms with Crippen LogP contribution in [0.1, 0.15) is 43.6 Å². The molecule has 0 saturated heterocycles. The second-order valence-corrected chi connectivity index (χ2v) is 7.42. The molecule has 102 valence electrons. The monoisotopic (exact) mass is 268 g/mol. The molecular weight excluding hydrogens is 244 g/mol. The fourth-order valence-corrected chi connectivity index (χ4v) is 2.60. The largest absolute Gasteiger partial charge is 0.496 e. The van der Waals surface area contributed by atoms with Crippen molar-refractivity contribution in [1.82, 2.24) is 0 Å². The summed E-state index contributed by atoms with van der Waals surface area (Å²) in [6.07, 6.45) is -0.483. The standard InChI is InChI=1S/C15H24O2S/c1-10-7-8-12(14(17-6)11(10)2)13(16)9-18-15(3,4)5/h7-8,13,16H,9H2,1-6H3. The first-order valence-corrected chi connectivity index (χ1v) is 7.21. The Balaban J connectivity index is 2.92. The number of hydrogen-bond acceptors (Lipinski definition) is 3. The van der Waals surface area contributed by atoms with Crippen LogP contribution in [0.4, 0.5) is 0 Å². The molecule has 0 aliphatic carbocycles. The highest BCUT2D eigenvalue weighted by Crippen LogP contribution is 2.34. The maximum absolute atomic E-state index is 10.3. The molecule has 0 aromatic heterocycles. The van der Waals surface area contributed by atoms with Gasteiger partial charge in [0.15, 0.2) is 0 Å². The first kappa shape index (κ1) is 15.4. The molecule has 0 radical (unpaired) electrons. The lowest BCUT2D eigenvalue weighted by atomic mass is 10.0. The fraction of sp³-hybridized carbons (Fsp3) is 0.600. The molecule has 18 heavy (non-hydrogen) atoms. The maximum Gasteiger partial charge on any atom is 0.127 e. The van der Waals surface area contributed by atoms with Gasteiger partial charge in [0.05, 0.1) is 13.2 Å². The Bertz CT molecular complexity index is 408. The third-order valence-corrected chi connectivity index (χ3v) is 4.29. The van der Waals surface area contributed by atoms with Gasteiger partial charge in [-0.2, -0.15) is 11.8 Å². The Hall–Kier alpha value is -0.670. The van der Waals surface area contributed by atoms with Crippen molar-refractivity contribution in [1.29, 1.82) is 0 Å². The summed E-state index contributed by atoms with van der Waals surface area (Å²) in [6.45, 7) is 10.5. The van der Waals surface area contributed by atoms with Crippen LogP contribution in [0, 0.1) is 13.8 Å². The molecular formula is C15H24O2S. The van der Waals surface area contributed by atoms with Crippen molar-refractivity contribution in [2.24, 2.45) is 0 Å². The lowest BCUT2D eigenvalue weighted by Crippen LogP contribution is -2.13. The van der Waals surface area contributed by atoms with Gasteiger partial charge in [0.25, 0.3) is 0 Å². The molecule has 3 heteroatoms. The molecule has 0 spiro atoms. The minimum Gasteiger partial charge on any atom is -0.496 e. The first-order chi connectivity index (χ1) is 8.26. The number of rotatable bonds is 4. The van der Waals surface area contributed by atoms with Crippen molar-refractivity contribution < 1.29 is 9.84 Å². The van der Waals surface area contributed by atoms with Gasteiger partial charge >= 0.3 is 0 Å². The van der Waals surface area contributed by atoms with E-state index in [1.165, 1.54) is 5.56 Å². The average Bonchev–Trinajstić information content (AvgIpc) is 2.28. The highest BCUT2D eigenvalue weighted by Gasteiger charge is 2.19. The van der Waals surface area contributed by atoms with Crippen LogP contribution in [-0.2, 0) is 0 Å². The topological polar surface area (TPSA) is 29.5 Å². The third-order valence-electron chi connectivity index (χ3n) is 2.94. The van der Waals surface area contributed by atoms with E-state index in [1.807, 2.05) is 19.1 Å². The smallest absolute Gasteiger partial charge is 0.127 e. The molecule has 1 aromatic carbocycles. The highest BCUT2D eigenvalue weighted by atomic mass is 32.2. The van der Waals surface area contributed by atoms with E-state index >= 15 is 0 Å². The number of aliphatic hydroxyl groups excluding tert-OH is 1. The van der Waals surface area contributed by atoms with Crippen molar-refractivity contribution in [3.05, 3.63) is 28.8 Å². The second kappa shape index (κ2) is 5.98. The van der Waals surface area contributed by atoms with E-state index in [0.717, 1.165) is 16.9 Å². The molecule has 0 heterocycles. The predicted octanol–water partition coefficient (Wildman–Crippen LogP) is 3.88. The van der Waals surface area contributed by atoms with E-state index in [9.17, 15) is 5.11 Å². The van der Waals surface area contributed by atoms with Gasteiger partial charge in [-0.25, -0.2) is 0 Å². The third kappa shape index (κ3) is 3.92. The van der Waals surface area contributed by atoms with Crippen LogP contribution in [0.15, 0.2) is 12.1 Å². The summed E-state index contributed by atoms with van der Waals surface area (Å²) < 4.78 is 5.60. The molecule has 1 rings (SSSR count). The molecule has 1 N–H and O–H groups in total. The molecule has 0 saturated carbocycles. The van der Waals surface area contributed by atoms with Crippen LogP contribution in [0.3, 0.4) is 0 Å². The lowest BCUT2D eigenvalue weighted by Gasteiger charge is -2.22. The average molecular weight is 268 g/mol. The molecule has 0 aliphatic rings. The summed E-state index contributed by atoms with van der Waals surface area (Å²) in [4.78, 5) is 0. The van der Waals surface area contributed by atoms with Gasteiger partial charge in [0.1, 0.15) is 5.75 Å². The van der Waals surface area contributed by atoms with E-state index in [0.29, 0.717) is 5.75 Å². The van der Waals surface area contributed by atoms with Crippen molar-refractivity contribution >= 4 is 11.8 Å². The van der Waals surface area contributed by atoms with E-state index < -0.39 is 6.10 Å². The molecule has 0 bridgehead atoms. The fourth-order valence-electron chi connectivity index (χ4n) is 1.76. The van der Waals surface area contributed by atoms with Gasteiger partial charge in [-0.15, -0.1) is 0 Å². The Morgan fingerprint density at radius 1 is 1.28 bits per heavy atom. The molecule has 0 aliphatic heterocycles.